The zero-order valence-electron chi connectivity index (χ0n) is 8.97. The molecule has 0 aliphatic rings. The van der Waals surface area contributed by atoms with E-state index in [0.717, 1.165) is 5.69 Å². The van der Waals surface area contributed by atoms with E-state index < -0.39 is 0 Å². The predicted octanol–water partition coefficient (Wildman–Crippen LogP) is 1.08. The van der Waals surface area contributed by atoms with Crippen molar-refractivity contribution in [2.45, 2.75) is 0 Å². The molecular weight excluding hydrogens is 240 g/mol. The Morgan fingerprint density at radius 2 is 2.12 bits per heavy atom. The monoisotopic (exact) mass is 250 g/mol. The highest BCUT2D eigenvalue weighted by Crippen LogP contribution is 2.12. The second-order valence-corrected chi connectivity index (χ2v) is 3.53. The Morgan fingerprint density at radius 3 is 2.65 bits per heavy atom. The quantitative estimate of drug-likeness (QED) is 0.696. The van der Waals surface area contributed by atoms with E-state index in [4.69, 9.17) is 12.2 Å². The van der Waals surface area contributed by atoms with Crippen LogP contribution >= 0.6 is 12.2 Å². The molecule has 0 bridgehead atoms. The number of carbonyl (C=O) groups is 1. The van der Waals surface area contributed by atoms with Crippen LogP contribution < -0.4 is 10.6 Å². The van der Waals surface area contributed by atoms with E-state index >= 15 is 0 Å². The summed E-state index contributed by atoms with van der Waals surface area (Å²) in [7, 11) is 1.55. The van der Waals surface area contributed by atoms with Gasteiger partial charge in [0.1, 0.15) is 0 Å². The van der Waals surface area contributed by atoms with Crippen LogP contribution in [0.4, 0.5) is 10.5 Å². The Kier molecular flexibility index (Phi) is 3.15. The normalized spacial score (nSPS) is 9.94. The first-order valence-electron chi connectivity index (χ1n) is 4.80. The minimum atomic E-state index is -0.266. The average Bonchev–Trinajstić information content (AvgIpc) is 2.76. The molecule has 88 valence electrons. The van der Waals surface area contributed by atoms with Crippen molar-refractivity contribution in [1.82, 2.24) is 25.5 Å². The van der Waals surface area contributed by atoms with Crippen LogP contribution in [0.2, 0.25) is 0 Å². The second kappa shape index (κ2) is 4.74. The van der Waals surface area contributed by atoms with Gasteiger partial charge in [0.2, 0.25) is 4.77 Å². The van der Waals surface area contributed by atoms with Gasteiger partial charge in [-0.05, 0) is 36.5 Å². The molecule has 2 aromatic rings. The van der Waals surface area contributed by atoms with Crippen molar-refractivity contribution < 1.29 is 4.79 Å². The first kappa shape index (κ1) is 11.3. The zero-order chi connectivity index (χ0) is 12.3. The van der Waals surface area contributed by atoms with Crippen LogP contribution in [0.25, 0.3) is 5.69 Å². The lowest BCUT2D eigenvalue weighted by Gasteiger charge is -2.05. The third kappa shape index (κ3) is 2.48. The summed E-state index contributed by atoms with van der Waals surface area (Å²) in [6, 6.07) is 6.83. The molecule has 8 heteroatoms. The fourth-order valence-corrected chi connectivity index (χ4v) is 1.44. The lowest BCUT2D eigenvalue weighted by Crippen LogP contribution is -2.24. The van der Waals surface area contributed by atoms with Crippen LogP contribution in [0.1, 0.15) is 0 Å². The molecule has 0 saturated heterocycles. The number of hydrogen-bond donors (Lipinski definition) is 3. The summed E-state index contributed by atoms with van der Waals surface area (Å²) in [6.45, 7) is 0. The van der Waals surface area contributed by atoms with Crippen molar-refractivity contribution >= 4 is 23.9 Å². The van der Waals surface area contributed by atoms with E-state index in [0.29, 0.717) is 10.5 Å². The fraction of sp³-hybridized carbons (Fsp3) is 0.111. The third-order valence-corrected chi connectivity index (χ3v) is 2.35. The number of aromatic amines is 1. The van der Waals surface area contributed by atoms with E-state index in [2.05, 4.69) is 26.2 Å². The van der Waals surface area contributed by atoms with Crippen molar-refractivity contribution in [2.75, 3.05) is 12.4 Å². The molecule has 2 amide bonds. The van der Waals surface area contributed by atoms with Gasteiger partial charge < -0.3 is 10.6 Å². The smallest absolute Gasteiger partial charge is 0.318 e. The molecule has 1 aromatic heterocycles. The molecule has 0 unspecified atom stereocenters. The number of aromatic nitrogens is 4. The maximum absolute atomic E-state index is 11.1. The van der Waals surface area contributed by atoms with Crippen molar-refractivity contribution in [3.63, 3.8) is 0 Å². The summed E-state index contributed by atoms with van der Waals surface area (Å²) in [5.41, 5.74) is 1.48. The van der Waals surface area contributed by atoms with Crippen molar-refractivity contribution in [3.8, 4) is 5.69 Å². The number of benzene rings is 1. The van der Waals surface area contributed by atoms with Gasteiger partial charge in [0.15, 0.2) is 0 Å². The Bertz CT molecular complexity index is 572. The molecule has 1 aromatic carbocycles. The maximum atomic E-state index is 11.1. The van der Waals surface area contributed by atoms with E-state index in [1.807, 2.05) is 0 Å². The number of nitrogens with one attached hydrogen (secondary N) is 3. The van der Waals surface area contributed by atoms with Crippen molar-refractivity contribution in [3.05, 3.63) is 29.0 Å². The first-order valence-corrected chi connectivity index (χ1v) is 5.21. The first-order chi connectivity index (χ1) is 8.20. The molecule has 2 rings (SSSR count). The minimum Gasteiger partial charge on any atom is -0.341 e. The van der Waals surface area contributed by atoms with Gasteiger partial charge in [-0.1, -0.05) is 10.3 Å². The summed E-state index contributed by atoms with van der Waals surface area (Å²) in [5, 5.41) is 15.0. The molecule has 1 heterocycles. The summed E-state index contributed by atoms with van der Waals surface area (Å²) in [6.07, 6.45) is 0. The number of H-pyrrole nitrogens is 1. The maximum Gasteiger partial charge on any atom is 0.318 e. The predicted molar refractivity (Wildman–Crippen MR) is 64.6 cm³/mol. The highest BCUT2D eigenvalue weighted by Gasteiger charge is 2.01. The minimum absolute atomic E-state index is 0.266. The third-order valence-electron chi connectivity index (χ3n) is 2.08. The molecule has 7 nitrogen and oxygen atoms in total. The molecule has 0 saturated carbocycles. The van der Waals surface area contributed by atoms with Crippen molar-refractivity contribution in [1.29, 1.82) is 0 Å². The second-order valence-electron chi connectivity index (χ2n) is 3.17. The molecule has 0 spiro atoms. The Hall–Kier alpha value is -2.22. The lowest BCUT2D eigenvalue weighted by atomic mass is 10.3. The van der Waals surface area contributed by atoms with Gasteiger partial charge in [-0.2, -0.15) is 5.21 Å². The van der Waals surface area contributed by atoms with Gasteiger partial charge in [-0.15, -0.1) is 0 Å². The molecule has 0 fully saturated rings. The number of amides is 2. The SMILES string of the molecule is CNC(=O)Nc1ccc(-n2[nH]nnc2=S)cc1. The number of rotatable bonds is 2. The molecule has 3 N–H and O–H groups in total. The lowest BCUT2D eigenvalue weighted by molar-refractivity contribution is 0.254. The van der Waals surface area contributed by atoms with Gasteiger partial charge in [-0.25, -0.2) is 9.48 Å². The van der Waals surface area contributed by atoms with E-state index in [1.54, 1.807) is 36.0 Å². The van der Waals surface area contributed by atoms with Gasteiger partial charge in [0.05, 0.1) is 5.69 Å². The van der Waals surface area contributed by atoms with Crippen molar-refractivity contribution in [2.24, 2.45) is 0 Å². The van der Waals surface area contributed by atoms with E-state index in [-0.39, 0.29) is 6.03 Å². The average molecular weight is 250 g/mol. The number of anilines is 1. The largest absolute Gasteiger partial charge is 0.341 e. The molecule has 0 aliphatic heterocycles. The van der Waals surface area contributed by atoms with Crippen LogP contribution in [-0.4, -0.2) is 33.3 Å². The van der Waals surface area contributed by atoms with Gasteiger partial charge in [0.25, 0.3) is 0 Å². The van der Waals surface area contributed by atoms with Crippen LogP contribution in [0.15, 0.2) is 24.3 Å². The molecule has 0 aliphatic carbocycles. The van der Waals surface area contributed by atoms with Crippen LogP contribution in [0.3, 0.4) is 0 Å². The van der Waals surface area contributed by atoms with Gasteiger partial charge >= 0.3 is 6.03 Å². The fourth-order valence-electron chi connectivity index (χ4n) is 1.25. The van der Waals surface area contributed by atoms with Crippen LogP contribution in [0.5, 0.6) is 0 Å². The van der Waals surface area contributed by atoms with Gasteiger partial charge in [0, 0.05) is 12.7 Å². The Morgan fingerprint density at radius 1 is 1.41 bits per heavy atom. The highest BCUT2D eigenvalue weighted by molar-refractivity contribution is 7.71. The molecule has 17 heavy (non-hydrogen) atoms. The molecule has 0 atom stereocenters. The van der Waals surface area contributed by atoms with Crippen LogP contribution in [-0.2, 0) is 0 Å². The number of carbonyl (C=O) groups excluding carboxylic acids is 1. The number of urea groups is 1. The zero-order valence-corrected chi connectivity index (χ0v) is 9.78. The van der Waals surface area contributed by atoms with Gasteiger partial charge in [-0.3, -0.25) is 0 Å². The number of nitrogens with zero attached hydrogens (tertiary/aromatic N) is 3. The van der Waals surface area contributed by atoms with E-state index in [1.165, 1.54) is 0 Å². The summed E-state index contributed by atoms with van der Waals surface area (Å²) < 4.78 is 1.90. The number of hydrogen-bond acceptors (Lipinski definition) is 4. The molecular formula is C9H10N6OS. The van der Waals surface area contributed by atoms with Crippen LogP contribution in [0, 0.1) is 4.77 Å². The Balaban J connectivity index is 2.22. The highest BCUT2D eigenvalue weighted by atomic mass is 32.1. The molecule has 0 radical (unpaired) electrons. The number of tetrazole rings is 1. The van der Waals surface area contributed by atoms with E-state index in [9.17, 15) is 4.79 Å². The summed E-state index contributed by atoms with van der Waals surface area (Å²) >= 11 is 4.97. The standard InChI is InChI=1S/C9H10N6OS/c1-10-8(16)11-6-2-4-7(5-3-6)15-9(17)12-13-14-15/h2-5H,1H3,(H2,10,11,16)(H,12,14,17). The topological polar surface area (TPSA) is 87.6 Å². The Labute approximate surface area is 102 Å². The summed E-state index contributed by atoms with van der Waals surface area (Å²) in [5.74, 6) is 0. The summed E-state index contributed by atoms with van der Waals surface area (Å²) in [4.78, 5) is 11.1.